The highest BCUT2D eigenvalue weighted by Crippen LogP contribution is 2.60. The van der Waals surface area contributed by atoms with E-state index in [0.29, 0.717) is 37.0 Å². The van der Waals surface area contributed by atoms with Gasteiger partial charge in [-0.25, -0.2) is 0 Å². The number of hydrogen-bond acceptors (Lipinski definition) is 5. The van der Waals surface area contributed by atoms with E-state index < -0.39 is 46.1 Å². The molecule has 0 aromatic carbocycles. The van der Waals surface area contributed by atoms with Gasteiger partial charge in [0.2, 0.25) is 0 Å². The molecule has 0 radical (unpaired) electrons. The average molecular weight is 404 g/mol. The van der Waals surface area contributed by atoms with Gasteiger partial charge in [0, 0.05) is 0 Å². The van der Waals surface area contributed by atoms with Crippen LogP contribution in [0.5, 0.6) is 0 Å². The number of carbonyl (C=O) groups excluding carboxylic acids is 1. The molecule has 1 N–H and O–H groups in total. The van der Waals surface area contributed by atoms with Gasteiger partial charge < -0.3 is 9.47 Å². The molecular weight excluding hydrogens is 384 g/mol. The lowest BCUT2D eigenvalue weighted by Gasteiger charge is -2.55. The molecule has 4 aliphatic carbocycles. The summed E-state index contributed by atoms with van der Waals surface area (Å²) in [6.07, 6.45) is -0.111. The number of esters is 1. The minimum atomic E-state index is -6.36. The monoisotopic (exact) mass is 404 g/mol. The highest BCUT2D eigenvalue weighted by Gasteiger charge is 2.67. The van der Waals surface area contributed by atoms with Gasteiger partial charge in [0.05, 0.1) is 12.0 Å². The van der Waals surface area contributed by atoms with Crippen molar-refractivity contribution in [3.63, 3.8) is 0 Å². The molecule has 0 atom stereocenters. The lowest BCUT2D eigenvalue weighted by atomic mass is 9.49. The van der Waals surface area contributed by atoms with Crippen molar-refractivity contribution in [1.82, 2.24) is 0 Å². The summed E-state index contributed by atoms with van der Waals surface area (Å²) in [5.74, 6) is 0.846. The van der Waals surface area contributed by atoms with Crippen LogP contribution in [0.4, 0.5) is 17.6 Å². The summed E-state index contributed by atoms with van der Waals surface area (Å²) in [4.78, 5) is 12.4. The first-order valence-electron chi connectivity index (χ1n) is 8.40. The molecule has 4 saturated carbocycles. The third-order valence-electron chi connectivity index (χ3n) is 5.73. The smallest absolute Gasteiger partial charge is 0.459 e. The number of carbonyl (C=O) groups is 1. The molecule has 0 heterocycles. The van der Waals surface area contributed by atoms with Crippen molar-refractivity contribution in [2.45, 2.75) is 49.9 Å². The van der Waals surface area contributed by atoms with Crippen LogP contribution in [0.3, 0.4) is 0 Å². The summed E-state index contributed by atoms with van der Waals surface area (Å²) >= 11 is 0. The van der Waals surface area contributed by atoms with Crippen LogP contribution in [0.15, 0.2) is 0 Å². The second-order valence-electron chi connectivity index (χ2n) is 7.69. The standard InChI is InChI=1S/C15H20F4O6S/c16-14(17,15(18,19)26(21,22)23)25-2-1-24-12(20)13-6-9-3-10(7-13)5-11(4-9)8-13/h9-11H,1-8H2,(H,21,22,23). The average Bonchev–Trinajstić information content (AvgIpc) is 2.48. The predicted octanol–water partition coefficient (Wildman–Crippen LogP) is 2.84. The van der Waals surface area contributed by atoms with Crippen LogP contribution in [-0.4, -0.2) is 43.5 Å². The molecule has 0 aliphatic heterocycles. The molecule has 4 fully saturated rings. The maximum absolute atomic E-state index is 13.2. The van der Waals surface area contributed by atoms with Crippen LogP contribution in [0.25, 0.3) is 0 Å². The molecule has 0 amide bonds. The minimum absolute atomic E-state index is 0.461. The van der Waals surface area contributed by atoms with Crippen LogP contribution in [0, 0.1) is 23.2 Å². The first-order valence-corrected chi connectivity index (χ1v) is 9.84. The second-order valence-corrected chi connectivity index (χ2v) is 9.15. The van der Waals surface area contributed by atoms with E-state index in [9.17, 15) is 30.8 Å². The molecule has 6 nitrogen and oxygen atoms in total. The first kappa shape index (κ1) is 19.8. The van der Waals surface area contributed by atoms with Gasteiger partial charge in [-0.15, -0.1) is 0 Å². The third kappa shape index (κ3) is 3.33. The summed E-state index contributed by atoms with van der Waals surface area (Å²) in [7, 11) is -6.36. The molecular formula is C15H20F4O6S. The van der Waals surface area contributed by atoms with Crippen molar-refractivity contribution in [2.75, 3.05) is 13.2 Å². The fourth-order valence-corrected chi connectivity index (χ4v) is 5.41. The zero-order valence-electron chi connectivity index (χ0n) is 13.8. The Morgan fingerprint density at radius 2 is 1.46 bits per heavy atom. The van der Waals surface area contributed by atoms with Crippen molar-refractivity contribution in [3.8, 4) is 0 Å². The fourth-order valence-electron chi connectivity index (χ4n) is 5.05. The van der Waals surface area contributed by atoms with Crippen LogP contribution in [0.1, 0.15) is 38.5 Å². The maximum Gasteiger partial charge on any atom is 0.459 e. The molecule has 0 spiro atoms. The summed E-state index contributed by atoms with van der Waals surface area (Å²) in [6, 6.07) is 0. The largest absolute Gasteiger partial charge is 0.463 e. The molecule has 4 rings (SSSR count). The van der Waals surface area contributed by atoms with Crippen LogP contribution in [0.2, 0.25) is 0 Å². The first-order chi connectivity index (χ1) is 11.9. The van der Waals surface area contributed by atoms with Gasteiger partial charge in [-0.1, -0.05) is 0 Å². The van der Waals surface area contributed by atoms with Crippen LogP contribution in [-0.2, 0) is 24.4 Å². The Morgan fingerprint density at radius 1 is 1.00 bits per heavy atom. The normalized spacial score (nSPS) is 34.1. The number of alkyl halides is 4. The molecule has 0 saturated heterocycles. The van der Waals surface area contributed by atoms with E-state index in [0.717, 1.165) is 19.3 Å². The Hall–Kier alpha value is -0.940. The van der Waals surface area contributed by atoms with Crippen molar-refractivity contribution in [3.05, 3.63) is 0 Å². The lowest BCUT2D eigenvalue weighted by Crippen LogP contribution is -2.51. The van der Waals surface area contributed by atoms with Gasteiger partial charge in [-0.3, -0.25) is 9.35 Å². The van der Waals surface area contributed by atoms with Crippen molar-refractivity contribution >= 4 is 16.1 Å². The van der Waals surface area contributed by atoms with Gasteiger partial charge in [0.25, 0.3) is 0 Å². The Morgan fingerprint density at radius 3 is 1.88 bits per heavy atom. The Bertz CT molecular complexity index is 642. The molecule has 0 unspecified atom stereocenters. The highest BCUT2D eigenvalue weighted by molar-refractivity contribution is 7.86. The molecule has 0 aromatic heterocycles. The van der Waals surface area contributed by atoms with E-state index >= 15 is 0 Å². The zero-order valence-corrected chi connectivity index (χ0v) is 14.6. The molecule has 4 bridgehead atoms. The number of rotatable bonds is 7. The molecule has 0 aromatic rings. The molecule has 150 valence electrons. The predicted molar refractivity (Wildman–Crippen MR) is 79.0 cm³/mol. The quantitative estimate of drug-likeness (QED) is 0.304. The van der Waals surface area contributed by atoms with E-state index in [1.54, 1.807) is 0 Å². The van der Waals surface area contributed by atoms with Crippen molar-refractivity contribution in [2.24, 2.45) is 23.2 Å². The summed E-state index contributed by atoms with van der Waals surface area (Å²) in [6.45, 7) is -1.84. The molecule has 11 heteroatoms. The van der Waals surface area contributed by atoms with Gasteiger partial charge >= 0.3 is 27.5 Å². The Balaban J connectivity index is 1.52. The maximum atomic E-state index is 13.2. The van der Waals surface area contributed by atoms with E-state index in [1.165, 1.54) is 0 Å². The Labute approximate surface area is 148 Å². The zero-order chi connectivity index (χ0) is 19.4. The lowest BCUT2D eigenvalue weighted by molar-refractivity contribution is -0.320. The second kappa shape index (κ2) is 6.30. The van der Waals surface area contributed by atoms with Gasteiger partial charge in [-0.05, 0) is 56.3 Å². The van der Waals surface area contributed by atoms with Gasteiger partial charge in [-0.2, -0.15) is 26.0 Å². The Kier molecular flexibility index (Phi) is 4.80. The molecule has 26 heavy (non-hydrogen) atoms. The minimum Gasteiger partial charge on any atom is -0.463 e. The topological polar surface area (TPSA) is 89.9 Å². The van der Waals surface area contributed by atoms with E-state index in [4.69, 9.17) is 9.29 Å². The number of ether oxygens (including phenoxy) is 2. The van der Waals surface area contributed by atoms with Gasteiger partial charge in [0.15, 0.2) is 0 Å². The van der Waals surface area contributed by atoms with E-state index in [-0.39, 0.29) is 0 Å². The van der Waals surface area contributed by atoms with E-state index in [2.05, 4.69) is 4.74 Å². The number of hydrogen-bond donors (Lipinski definition) is 1. The molecule has 4 aliphatic rings. The third-order valence-corrected chi connectivity index (χ3v) is 6.62. The van der Waals surface area contributed by atoms with Gasteiger partial charge in [0.1, 0.15) is 6.61 Å². The van der Waals surface area contributed by atoms with Crippen LogP contribution < -0.4 is 0 Å². The van der Waals surface area contributed by atoms with Crippen LogP contribution >= 0.6 is 0 Å². The summed E-state index contributed by atoms with van der Waals surface area (Å²) in [5.41, 5.74) is -0.629. The summed E-state index contributed by atoms with van der Waals surface area (Å²) < 4.78 is 89.8. The van der Waals surface area contributed by atoms with E-state index in [1.807, 2.05) is 0 Å². The number of halogens is 4. The van der Waals surface area contributed by atoms with Crippen molar-refractivity contribution in [1.29, 1.82) is 0 Å². The highest BCUT2D eigenvalue weighted by atomic mass is 32.2. The fraction of sp³-hybridized carbons (Fsp3) is 0.933. The van der Waals surface area contributed by atoms with Crippen molar-refractivity contribution < 1.29 is 44.8 Å². The SMILES string of the molecule is O=C(OCCOC(F)(F)C(F)(F)S(=O)(=O)O)C12CC3CC(CC(C3)C1)C2. The summed E-state index contributed by atoms with van der Waals surface area (Å²) in [5, 5.41) is -5.80.